The first-order chi connectivity index (χ1) is 11.6. The minimum absolute atomic E-state index is 0.106. The van der Waals surface area contributed by atoms with Gasteiger partial charge in [0.1, 0.15) is 11.6 Å². The molecule has 0 aliphatic carbocycles. The summed E-state index contributed by atoms with van der Waals surface area (Å²) in [7, 11) is 0. The number of nitrogens with one attached hydrogen (secondary N) is 1. The molecule has 1 amide bonds. The zero-order chi connectivity index (χ0) is 16.7. The molecule has 0 saturated carbocycles. The number of amides is 1. The molecular formula is C18H13ClFN3O. The number of carbonyl (C=O) groups excluding carboxylic acids is 1. The molecule has 2 heterocycles. The van der Waals surface area contributed by atoms with Gasteiger partial charge in [-0.2, -0.15) is 5.10 Å². The van der Waals surface area contributed by atoms with E-state index in [-0.39, 0.29) is 17.6 Å². The molecule has 1 atom stereocenters. The van der Waals surface area contributed by atoms with Crippen LogP contribution in [0.3, 0.4) is 0 Å². The summed E-state index contributed by atoms with van der Waals surface area (Å²) in [5, 5.41) is 7.82. The van der Waals surface area contributed by atoms with Crippen LogP contribution in [0.2, 0.25) is 5.02 Å². The van der Waals surface area contributed by atoms with Crippen molar-refractivity contribution in [1.29, 1.82) is 0 Å². The third-order valence-corrected chi connectivity index (χ3v) is 4.49. The third-order valence-electron chi connectivity index (χ3n) is 4.17. The number of benzene rings is 2. The van der Waals surface area contributed by atoms with Crippen molar-refractivity contribution in [2.75, 3.05) is 5.32 Å². The van der Waals surface area contributed by atoms with E-state index in [4.69, 9.17) is 11.6 Å². The average molecular weight is 342 g/mol. The van der Waals surface area contributed by atoms with Crippen molar-refractivity contribution >= 4 is 23.3 Å². The minimum atomic E-state index is -0.300. The number of rotatable bonds is 2. The van der Waals surface area contributed by atoms with E-state index >= 15 is 0 Å². The monoisotopic (exact) mass is 341 g/mol. The van der Waals surface area contributed by atoms with Crippen molar-refractivity contribution in [2.24, 2.45) is 0 Å². The molecule has 0 bridgehead atoms. The zero-order valence-corrected chi connectivity index (χ0v) is 13.3. The van der Waals surface area contributed by atoms with Crippen LogP contribution < -0.4 is 5.32 Å². The maximum absolute atomic E-state index is 13.2. The van der Waals surface area contributed by atoms with Gasteiger partial charge >= 0.3 is 0 Å². The number of carbonyl (C=O) groups is 1. The lowest BCUT2D eigenvalue weighted by atomic mass is 9.87. The molecule has 0 fully saturated rings. The van der Waals surface area contributed by atoms with E-state index in [1.807, 2.05) is 18.2 Å². The number of anilines is 1. The summed E-state index contributed by atoms with van der Waals surface area (Å²) in [4.78, 5) is 12.2. The highest BCUT2D eigenvalue weighted by molar-refractivity contribution is 6.32. The van der Waals surface area contributed by atoms with Crippen LogP contribution in [0.1, 0.15) is 23.5 Å². The molecule has 2 aromatic carbocycles. The summed E-state index contributed by atoms with van der Waals surface area (Å²) in [6.07, 6.45) is 2.03. The Morgan fingerprint density at radius 1 is 1.17 bits per heavy atom. The third kappa shape index (κ3) is 2.47. The fourth-order valence-electron chi connectivity index (χ4n) is 3.02. The molecule has 4 rings (SSSR count). The molecule has 1 N–H and O–H groups in total. The largest absolute Gasteiger partial charge is 0.310 e. The van der Waals surface area contributed by atoms with Gasteiger partial charge in [-0.3, -0.25) is 4.79 Å². The smallest absolute Gasteiger partial charge is 0.226 e. The Labute approximate surface area is 142 Å². The number of fused-ring (bicyclic) bond motifs is 1. The number of aromatic nitrogens is 2. The molecule has 1 aliphatic rings. The van der Waals surface area contributed by atoms with E-state index in [1.54, 1.807) is 29.1 Å². The second-order valence-corrected chi connectivity index (χ2v) is 6.08. The lowest BCUT2D eigenvalue weighted by Gasteiger charge is -2.24. The fourth-order valence-corrected chi connectivity index (χ4v) is 3.23. The highest BCUT2D eigenvalue weighted by Crippen LogP contribution is 2.38. The summed E-state index contributed by atoms with van der Waals surface area (Å²) in [6.45, 7) is 0. The Balaban J connectivity index is 1.83. The summed E-state index contributed by atoms with van der Waals surface area (Å²) >= 11 is 6.25. The van der Waals surface area contributed by atoms with Crippen molar-refractivity contribution in [3.63, 3.8) is 0 Å². The van der Waals surface area contributed by atoms with Gasteiger partial charge in [0.05, 0.1) is 16.9 Å². The Morgan fingerprint density at radius 2 is 1.92 bits per heavy atom. The summed E-state index contributed by atoms with van der Waals surface area (Å²) in [6, 6.07) is 13.5. The fraction of sp³-hybridized carbons (Fsp3) is 0.111. The standard InChI is InChI=1S/C18H13ClFN3O/c19-15-3-1-2-4-16(15)23-18-14(10-21-23)13(9-17(24)22-18)11-5-7-12(20)8-6-11/h1-8,10,13H,9H2,(H,22,24). The van der Waals surface area contributed by atoms with Gasteiger partial charge in [0.2, 0.25) is 5.91 Å². The van der Waals surface area contributed by atoms with Crippen LogP contribution in [0.25, 0.3) is 5.69 Å². The maximum Gasteiger partial charge on any atom is 0.226 e. The lowest BCUT2D eigenvalue weighted by Crippen LogP contribution is -2.24. The molecule has 3 aromatic rings. The average Bonchev–Trinajstić information content (AvgIpc) is 2.99. The van der Waals surface area contributed by atoms with Crippen LogP contribution in [-0.4, -0.2) is 15.7 Å². The van der Waals surface area contributed by atoms with E-state index in [0.29, 0.717) is 22.9 Å². The molecule has 1 aromatic heterocycles. The predicted octanol–water partition coefficient (Wildman–Crippen LogP) is 4.14. The van der Waals surface area contributed by atoms with Crippen LogP contribution >= 0.6 is 11.6 Å². The Kier molecular flexibility index (Phi) is 3.58. The molecular weight excluding hydrogens is 329 g/mol. The highest BCUT2D eigenvalue weighted by atomic mass is 35.5. The lowest BCUT2D eigenvalue weighted by molar-refractivity contribution is -0.116. The van der Waals surface area contributed by atoms with Crippen LogP contribution in [-0.2, 0) is 4.79 Å². The van der Waals surface area contributed by atoms with E-state index < -0.39 is 0 Å². The van der Waals surface area contributed by atoms with Crippen molar-refractivity contribution in [3.8, 4) is 5.69 Å². The van der Waals surface area contributed by atoms with Gasteiger partial charge in [-0.1, -0.05) is 35.9 Å². The second-order valence-electron chi connectivity index (χ2n) is 5.67. The van der Waals surface area contributed by atoms with Gasteiger partial charge in [-0.15, -0.1) is 0 Å². The molecule has 6 heteroatoms. The molecule has 1 aliphatic heterocycles. The molecule has 0 saturated heterocycles. The van der Waals surface area contributed by atoms with Crippen LogP contribution in [0.5, 0.6) is 0 Å². The van der Waals surface area contributed by atoms with E-state index in [0.717, 1.165) is 11.1 Å². The first-order valence-corrected chi connectivity index (χ1v) is 7.89. The van der Waals surface area contributed by atoms with Crippen LogP contribution in [0, 0.1) is 5.82 Å². The first kappa shape index (κ1) is 14.9. The van der Waals surface area contributed by atoms with Gasteiger partial charge in [0.15, 0.2) is 0 Å². The van der Waals surface area contributed by atoms with Gasteiger partial charge < -0.3 is 5.32 Å². The number of halogens is 2. The van der Waals surface area contributed by atoms with E-state index in [9.17, 15) is 9.18 Å². The van der Waals surface area contributed by atoms with Crippen molar-refractivity contribution in [1.82, 2.24) is 9.78 Å². The summed E-state index contributed by atoms with van der Waals surface area (Å²) < 4.78 is 14.8. The number of hydrogen-bond donors (Lipinski definition) is 1. The molecule has 4 nitrogen and oxygen atoms in total. The quantitative estimate of drug-likeness (QED) is 0.761. The Morgan fingerprint density at radius 3 is 2.67 bits per heavy atom. The van der Waals surface area contributed by atoms with Crippen molar-refractivity contribution < 1.29 is 9.18 Å². The normalized spacial score (nSPS) is 16.6. The first-order valence-electron chi connectivity index (χ1n) is 7.51. The van der Waals surface area contributed by atoms with Crippen LogP contribution in [0.4, 0.5) is 10.2 Å². The van der Waals surface area contributed by atoms with Gasteiger partial charge in [0.25, 0.3) is 0 Å². The Hall–Kier alpha value is -2.66. The topological polar surface area (TPSA) is 46.9 Å². The number of nitrogens with zero attached hydrogens (tertiary/aromatic N) is 2. The van der Waals surface area contributed by atoms with Crippen LogP contribution in [0.15, 0.2) is 54.7 Å². The van der Waals surface area contributed by atoms with Gasteiger partial charge in [-0.05, 0) is 29.8 Å². The zero-order valence-electron chi connectivity index (χ0n) is 12.5. The highest BCUT2D eigenvalue weighted by Gasteiger charge is 2.30. The minimum Gasteiger partial charge on any atom is -0.310 e. The molecule has 24 heavy (non-hydrogen) atoms. The molecule has 0 spiro atoms. The summed E-state index contributed by atoms with van der Waals surface area (Å²) in [5.41, 5.74) is 2.47. The molecule has 1 unspecified atom stereocenters. The van der Waals surface area contributed by atoms with Gasteiger partial charge in [-0.25, -0.2) is 9.07 Å². The predicted molar refractivity (Wildman–Crippen MR) is 90.1 cm³/mol. The molecule has 0 radical (unpaired) electrons. The summed E-state index contributed by atoms with van der Waals surface area (Å²) in [5.74, 6) is 0.0379. The van der Waals surface area contributed by atoms with E-state index in [2.05, 4.69) is 10.4 Å². The van der Waals surface area contributed by atoms with Crippen molar-refractivity contribution in [3.05, 3.63) is 76.7 Å². The SMILES string of the molecule is O=C1CC(c2ccc(F)cc2)c2cnn(-c3ccccc3Cl)c2N1. The second kappa shape index (κ2) is 5.76. The van der Waals surface area contributed by atoms with Crippen molar-refractivity contribution in [2.45, 2.75) is 12.3 Å². The van der Waals surface area contributed by atoms with Gasteiger partial charge in [0, 0.05) is 17.9 Å². The number of para-hydroxylation sites is 1. The van der Waals surface area contributed by atoms with E-state index in [1.165, 1.54) is 12.1 Å². The Bertz CT molecular complexity index is 920. The maximum atomic E-state index is 13.2. The molecule has 120 valence electrons. The number of hydrogen-bond acceptors (Lipinski definition) is 2.